The summed E-state index contributed by atoms with van der Waals surface area (Å²) in [5, 5.41) is 0. The van der Waals surface area contributed by atoms with Crippen LogP contribution < -0.4 is 10.5 Å². The molecule has 0 aliphatic rings. The van der Waals surface area contributed by atoms with Crippen LogP contribution in [0.15, 0.2) is 42.5 Å². The zero-order valence-corrected chi connectivity index (χ0v) is 9.61. The number of nitrogen functional groups attached to an aromatic ring is 1. The van der Waals surface area contributed by atoms with Gasteiger partial charge in [0.1, 0.15) is 11.6 Å². The molecule has 0 saturated heterocycles. The minimum atomic E-state index is -0.305. The molecule has 2 aromatic rings. The second-order valence-corrected chi connectivity index (χ2v) is 3.87. The van der Waals surface area contributed by atoms with Crippen LogP contribution in [-0.4, -0.2) is 7.11 Å². The molecule has 88 valence electrons. The van der Waals surface area contributed by atoms with E-state index in [-0.39, 0.29) is 5.82 Å². The summed E-state index contributed by atoms with van der Waals surface area (Å²) in [4.78, 5) is 0. The number of hydrogen-bond acceptors (Lipinski definition) is 2. The average molecular weight is 231 g/mol. The molecule has 0 saturated carbocycles. The Hall–Kier alpha value is -2.03. The van der Waals surface area contributed by atoms with E-state index in [1.165, 1.54) is 12.1 Å². The standard InChI is InChI=1S/C14H14FNO/c1-17-13-6-2-10(3-7-13)8-11-4-5-12(15)9-14(11)16/h2-7,9H,8,16H2,1H3. The summed E-state index contributed by atoms with van der Waals surface area (Å²) in [7, 11) is 1.63. The molecule has 0 unspecified atom stereocenters. The highest BCUT2D eigenvalue weighted by Crippen LogP contribution is 2.19. The highest BCUT2D eigenvalue weighted by atomic mass is 19.1. The Balaban J connectivity index is 2.19. The summed E-state index contributed by atoms with van der Waals surface area (Å²) in [6.07, 6.45) is 0.691. The van der Waals surface area contributed by atoms with E-state index in [0.29, 0.717) is 12.1 Å². The summed E-state index contributed by atoms with van der Waals surface area (Å²) in [5.41, 5.74) is 8.29. The maximum Gasteiger partial charge on any atom is 0.125 e. The van der Waals surface area contributed by atoms with Gasteiger partial charge in [-0.15, -0.1) is 0 Å². The minimum Gasteiger partial charge on any atom is -0.497 e. The van der Waals surface area contributed by atoms with Crippen molar-refractivity contribution in [3.05, 3.63) is 59.4 Å². The molecule has 0 atom stereocenters. The molecular weight excluding hydrogens is 217 g/mol. The summed E-state index contributed by atoms with van der Waals surface area (Å²) >= 11 is 0. The van der Waals surface area contributed by atoms with Gasteiger partial charge >= 0.3 is 0 Å². The fourth-order valence-electron chi connectivity index (χ4n) is 1.69. The number of hydrogen-bond donors (Lipinski definition) is 1. The van der Waals surface area contributed by atoms with Crippen molar-refractivity contribution >= 4 is 5.69 Å². The van der Waals surface area contributed by atoms with Crippen LogP contribution in [-0.2, 0) is 6.42 Å². The van der Waals surface area contributed by atoms with Crippen LogP contribution in [0.4, 0.5) is 10.1 Å². The van der Waals surface area contributed by atoms with Crippen LogP contribution in [0.25, 0.3) is 0 Å². The number of ether oxygens (including phenoxy) is 1. The normalized spacial score (nSPS) is 10.2. The first kappa shape index (κ1) is 11.5. The van der Waals surface area contributed by atoms with E-state index in [1.54, 1.807) is 13.2 Å². The van der Waals surface area contributed by atoms with E-state index in [9.17, 15) is 4.39 Å². The number of nitrogens with two attached hydrogens (primary N) is 1. The maximum atomic E-state index is 12.9. The van der Waals surface area contributed by atoms with Gasteiger partial charge in [0.2, 0.25) is 0 Å². The summed E-state index contributed by atoms with van der Waals surface area (Å²) < 4.78 is 18.0. The lowest BCUT2D eigenvalue weighted by atomic mass is 10.0. The van der Waals surface area contributed by atoms with Crippen molar-refractivity contribution in [3.63, 3.8) is 0 Å². The Bertz CT molecular complexity index is 508. The van der Waals surface area contributed by atoms with Crippen LogP contribution >= 0.6 is 0 Å². The molecule has 0 amide bonds. The first-order valence-corrected chi connectivity index (χ1v) is 5.36. The van der Waals surface area contributed by atoms with Crippen molar-refractivity contribution in [2.24, 2.45) is 0 Å². The van der Waals surface area contributed by atoms with Crippen molar-refractivity contribution in [2.45, 2.75) is 6.42 Å². The van der Waals surface area contributed by atoms with E-state index < -0.39 is 0 Å². The van der Waals surface area contributed by atoms with Gasteiger partial charge in [-0.2, -0.15) is 0 Å². The first-order chi connectivity index (χ1) is 8.19. The zero-order valence-electron chi connectivity index (χ0n) is 9.61. The van der Waals surface area contributed by atoms with Gasteiger partial charge in [-0.1, -0.05) is 18.2 Å². The second kappa shape index (κ2) is 4.87. The fourth-order valence-corrected chi connectivity index (χ4v) is 1.69. The van der Waals surface area contributed by atoms with Crippen molar-refractivity contribution in [2.75, 3.05) is 12.8 Å². The topological polar surface area (TPSA) is 35.2 Å². The van der Waals surface area contributed by atoms with Gasteiger partial charge in [0.15, 0.2) is 0 Å². The highest BCUT2D eigenvalue weighted by molar-refractivity contribution is 5.49. The molecule has 0 bridgehead atoms. The van der Waals surface area contributed by atoms with E-state index in [0.717, 1.165) is 16.9 Å². The van der Waals surface area contributed by atoms with Crippen LogP contribution in [0.1, 0.15) is 11.1 Å². The SMILES string of the molecule is COc1ccc(Cc2ccc(F)cc2N)cc1. The third-order valence-corrected chi connectivity index (χ3v) is 2.66. The van der Waals surface area contributed by atoms with Gasteiger partial charge in [0.25, 0.3) is 0 Å². The minimum absolute atomic E-state index is 0.305. The van der Waals surface area contributed by atoms with Gasteiger partial charge in [-0.05, 0) is 41.8 Å². The molecule has 0 spiro atoms. The van der Waals surface area contributed by atoms with Crippen molar-refractivity contribution in [1.82, 2.24) is 0 Å². The van der Waals surface area contributed by atoms with Gasteiger partial charge in [-0.3, -0.25) is 0 Å². The molecule has 17 heavy (non-hydrogen) atoms. The quantitative estimate of drug-likeness (QED) is 0.824. The number of halogens is 1. The maximum absolute atomic E-state index is 12.9. The van der Waals surface area contributed by atoms with E-state index in [2.05, 4.69) is 0 Å². The first-order valence-electron chi connectivity index (χ1n) is 5.36. The molecule has 0 radical (unpaired) electrons. The Morgan fingerprint density at radius 1 is 1.12 bits per heavy atom. The Kier molecular flexibility index (Phi) is 3.28. The molecule has 2 aromatic carbocycles. The van der Waals surface area contributed by atoms with Gasteiger partial charge in [0.05, 0.1) is 7.11 Å². The van der Waals surface area contributed by atoms with Crippen LogP contribution in [0.3, 0.4) is 0 Å². The Labute approximate surface area is 99.8 Å². The predicted octanol–water partition coefficient (Wildman–Crippen LogP) is 3.01. The van der Waals surface area contributed by atoms with Gasteiger partial charge < -0.3 is 10.5 Å². The molecular formula is C14H14FNO. The third kappa shape index (κ3) is 2.75. The van der Waals surface area contributed by atoms with Crippen LogP contribution in [0, 0.1) is 5.82 Å². The molecule has 2 N–H and O–H groups in total. The molecule has 0 aromatic heterocycles. The van der Waals surface area contributed by atoms with E-state index in [4.69, 9.17) is 10.5 Å². The number of rotatable bonds is 3. The van der Waals surface area contributed by atoms with Gasteiger partial charge in [0, 0.05) is 5.69 Å². The fraction of sp³-hybridized carbons (Fsp3) is 0.143. The van der Waals surface area contributed by atoms with Crippen LogP contribution in [0.5, 0.6) is 5.75 Å². The lowest BCUT2D eigenvalue weighted by Gasteiger charge is -2.06. The summed E-state index contributed by atoms with van der Waals surface area (Å²) in [6, 6.07) is 12.2. The van der Waals surface area contributed by atoms with Gasteiger partial charge in [-0.25, -0.2) is 4.39 Å². The number of methoxy groups -OCH3 is 1. The summed E-state index contributed by atoms with van der Waals surface area (Å²) in [6.45, 7) is 0. The predicted molar refractivity (Wildman–Crippen MR) is 66.6 cm³/mol. The second-order valence-electron chi connectivity index (χ2n) is 3.87. The molecule has 0 heterocycles. The highest BCUT2D eigenvalue weighted by Gasteiger charge is 2.02. The lowest BCUT2D eigenvalue weighted by molar-refractivity contribution is 0.414. The molecule has 2 rings (SSSR count). The average Bonchev–Trinajstić information content (AvgIpc) is 2.34. The molecule has 3 heteroatoms. The molecule has 0 aliphatic carbocycles. The monoisotopic (exact) mass is 231 g/mol. The third-order valence-electron chi connectivity index (χ3n) is 2.66. The van der Waals surface area contributed by atoms with Crippen molar-refractivity contribution < 1.29 is 9.13 Å². The van der Waals surface area contributed by atoms with E-state index >= 15 is 0 Å². The van der Waals surface area contributed by atoms with Crippen LogP contribution in [0.2, 0.25) is 0 Å². The Morgan fingerprint density at radius 2 is 1.82 bits per heavy atom. The molecule has 0 fully saturated rings. The summed E-state index contributed by atoms with van der Waals surface area (Å²) in [5.74, 6) is 0.516. The Morgan fingerprint density at radius 3 is 2.41 bits per heavy atom. The zero-order chi connectivity index (χ0) is 12.3. The van der Waals surface area contributed by atoms with Crippen molar-refractivity contribution in [3.8, 4) is 5.75 Å². The molecule has 2 nitrogen and oxygen atoms in total. The largest absolute Gasteiger partial charge is 0.497 e. The van der Waals surface area contributed by atoms with E-state index in [1.807, 2.05) is 24.3 Å². The lowest BCUT2D eigenvalue weighted by Crippen LogP contribution is -1.96. The van der Waals surface area contributed by atoms with Crippen molar-refractivity contribution in [1.29, 1.82) is 0 Å². The number of anilines is 1. The number of benzene rings is 2. The molecule has 0 aliphatic heterocycles. The smallest absolute Gasteiger partial charge is 0.125 e.